The predicted molar refractivity (Wildman–Crippen MR) is 116 cm³/mol. The van der Waals surface area contributed by atoms with Crippen molar-refractivity contribution >= 4 is 29.3 Å². The molecule has 12 heteroatoms. The lowest BCUT2D eigenvalue weighted by Gasteiger charge is -2.39. The first-order chi connectivity index (χ1) is 16.1. The number of rotatable bonds is 4. The number of benzene rings is 1. The van der Waals surface area contributed by atoms with Crippen LogP contribution in [0.1, 0.15) is 22.5 Å². The number of hydrogen-bond donors (Lipinski definition) is 7. The van der Waals surface area contributed by atoms with E-state index in [4.69, 9.17) is 9.47 Å². The van der Waals surface area contributed by atoms with Gasteiger partial charge in [-0.15, -0.1) is 0 Å². The third-order valence-corrected chi connectivity index (χ3v) is 5.81. The van der Waals surface area contributed by atoms with E-state index >= 15 is 0 Å². The second-order valence-electron chi connectivity index (χ2n) is 8.10. The van der Waals surface area contributed by atoms with Crippen LogP contribution in [0, 0.1) is 19.7 Å². The number of hydrogen-bond acceptors (Lipinski definition) is 8. The number of amides is 2. The van der Waals surface area contributed by atoms with Crippen molar-refractivity contribution in [3.05, 3.63) is 46.5 Å². The molecule has 0 bridgehead atoms. The first-order valence-electron chi connectivity index (χ1n) is 10.4. The van der Waals surface area contributed by atoms with Crippen molar-refractivity contribution in [2.24, 2.45) is 0 Å². The predicted octanol–water partition coefficient (Wildman–Crippen LogP) is 0.152. The first kappa shape index (κ1) is 23.9. The molecule has 0 unspecified atom stereocenters. The highest BCUT2D eigenvalue weighted by molar-refractivity contribution is 6.34. The fourth-order valence-corrected chi connectivity index (χ4v) is 3.96. The summed E-state index contributed by atoms with van der Waals surface area (Å²) in [5, 5.41) is 43.9. The Morgan fingerprint density at radius 2 is 1.97 bits per heavy atom. The summed E-state index contributed by atoms with van der Waals surface area (Å²) in [4.78, 5) is 27.8. The first-order valence-corrected chi connectivity index (χ1v) is 10.4. The third kappa shape index (κ3) is 4.29. The van der Waals surface area contributed by atoms with Gasteiger partial charge in [0.05, 0.1) is 17.9 Å². The third-order valence-electron chi connectivity index (χ3n) is 5.81. The molecule has 0 saturated carbocycles. The Balaban J connectivity index is 1.53. The summed E-state index contributed by atoms with van der Waals surface area (Å²) in [6.45, 7) is 2.63. The van der Waals surface area contributed by atoms with Gasteiger partial charge < -0.3 is 40.2 Å². The number of aliphatic hydroxyl groups excluding tert-OH is 4. The fourth-order valence-electron chi connectivity index (χ4n) is 3.96. The van der Waals surface area contributed by atoms with Gasteiger partial charge in [0.15, 0.2) is 12.0 Å². The zero-order chi connectivity index (χ0) is 24.7. The van der Waals surface area contributed by atoms with Crippen molar-refractivity contribution in [3.8, 4) is 5.75 Å². The number of carbonyl (C=O) groups is 2. The Labute approximate surface area is 192 Å². The van der Waals surface area contributed by atoms with Crippen LogP contribution in [0.3, 0.4) is 0 Å². The van der Waals surface area contributed by atoms with E-state index in [9.17, 15) is 34.4 Å². The Morgan fingerprint density at radius 1 is 1.24 bits per heavy atom. The molecule has 2 aliphatic rings. The number of nitrogens with one attached hydrogen (secondary N) is 3. The van der Waals surface area contributed by atoms with E-state index in [-0.39, 0.29) is 11.3 Å². The molecule has 2 amide bonds. The second kappa shape index (κ2) is 9.16. The number of aromatic amines is 1. The zero-order valence-electron chi connectivity index (χ0n) is 18.2. The molecule has 7 N–H and O–H groups in total. The van der Waals surface area contributed by atoms with Crippen LogP contribution in [0.5, 0.6) is 5.75 Å². The molecule has 34 heavy (non-hydrogen) atoms. The quantitative estimate of drug-likeness (QED) is 0.305. The molecule has 182 valence electrons. The van der Waals surface area contributed by atoms with Gasteiger partial charge in [-0.3, -0.25) is 10.1 Å². The number of carbonyl (C=O) groups excluding carboxylic acids is 2. The largest absolute Gasteiger partial charge is 0.414 e. The van der Waals surface area contributed by atoms with Crippen molar-refractivity contribution in [1.82, 2.24) is 10.3 Å². The monoisotopic (exact) mass is 477 g/mol. The smallest absolute Gasteiger partial charge is 0.408 e. The van der Waals surface area contributed by atoms with Crippen LogP contribution in [0.25, 0.3) is 11.6 Å². The number of ether oxygens (including phenoxy) is 2. The van der Waals surface area contributed by atoms with E-state index in [0.29, 0.717) is 28.2 Å². The lowest BCUT2D eigenvalue weighted by molar-refractivity contribution is -0.233. The van der Waals surface area contributed by atoms with Crippen LogP contribution in [-0.2, 0) is 9.53 Å². The maximum atomic E-state index is 13.7. The Morgan fingerprint density at radius 3 is 2.68 bits per heavy atom. The number of aliphatic hydroxyl groups is 4. The van der Waals surface area contributed by atoms with Crippen LogP contribution < -0.4 is 15.4 Å². The van der Waals surface area contributed by atoms with Gasteiger partial charge in [0.1, 0.15) is 30.2 Å². The van der Waals surface area contributed by atoms with Gasteiger partial charge in [-0.05, 0) is 38.1 Å². The van der Waals surface area contributed by atoms with E-state index in [1.165, 1.54) is 24.3 Å². The lowest BCUT2D eigenvalue weighted by atomic mass is 9.98. The highest BCUT2D eigenvalue weighted by Crippen LogP contribution is 2.35. The molecule has 2 aliphatic heterocycles. The van der Waals surface area contributed by atoms with E-state index in [0.717, 1.165) is 0 Å². The summed E-state index contributed by atoms with van der Waals surface area (Å²) in [6, 6.07) is 3.95. The highest BCUT2D eigenvalue weighted by atomic mass is 19.1. The maximum absolute atomic E-state index is 13.7. The molecule has 0 aliphatic carbocycles. The number of H-pyrrole nitrogens is 1. The molecule has 1 saturated heterocycles. The Kier molecular flexibility index (Phi) is 6.43. The number of fused-ring (bicyclic) bond motifs is 1. The topological polar surface area (TPSA) is 173 Å². The summed E-state index contributed by atoms with van der Waals surface area (Å²) in [5.41, 5.74) is 2.50. The summed E-state index contributed by atoms with van der Waals surface area (Å²) in [6.07, 6.45) is -7.04. The van der Waals surface area contributed by atoms with E-state index in [1.807, 2.05) is 0 Å². The average Bonchev–Trinajstić information content (AvgIpc) is 3.24. The Bertz CT molecular complexity index is 1160. The minimum absolute atomic E-state index is 0.145. The van der Waals surface area contributed by atoms with E-state index in [2.05, 4.69) is 15.6 Å². The average molecular weight is 477 g/mol. The molecular formula is C22H24FN3O8. The van der Waals surface area contributed by atoms with E-state index in [1.54, 1.807) is 13.8 Å². The molecule has 5 atom stereocenters. The molecule has 11 nitrogen and oxygen atoms in total. The molecule has 1 aromatic carbocycles. The van der Waals surface area contributed by atoms with Gasteiger partial charge in [0, 0.05) is 22.5 Å². The summed E-state index contributed by atoms with van der Waals surface area (Å²) in [5.74, 6) is -0.753. The standard InChI is InChI=1S/C22H24FN3O8/c1-8-14(6-12-11-5-10(23)3-4-13(11)25-20(12)31)24-9(2)19(8)34-22(32)26-21-18(30)17(29)16(28)15(7-27)33-21/h3-6,15-18,21,24,27-30H,7H2,1-2H3,(H,25,31)(H,26,32)/b12-6-/t15-,16+,17+,18-,21-/m0/s1. The zero-order valence-corrected chi connectivity index (χ0v) is 18.2. The molecule has 2 aromatic rings. The maximum Gasteiger partial charge on any atom is 0.414 e. The van der Waals surface area contributed by atoms with Gasteiger partial charge in [0.2, 0.25) is 0 Å². The minimum Gasteiger partial charge on any atom is -0.408 e. The van der Waals surface area contributed by atoms with Crippen molar-refractivity contribution in [2.75, 3.05) is 11.9 Å². The fraction of sp³-hybridized carbons (Fsp3) is 0.364. The SMILES string of the molecule is Cc1[nH]c(/C=C2\C(=O)Nc3ccc(F)cc32)c(C)c1OC(=O)N[C@H]1O[C@@H](CO)[C@@H](O)[C@@H](O)[C@@H]1O. The van der Waals surface area contributed by atoms with Gasteiger partial charge in [-0.2, -0.15) is 0 Å². The van der Waals surface area contributed by atoms with Crippen LogP contribution in [0.2, 0.25) is 0 Å². The van der Waals surface area contributed by atoms with Crippen LogP contribution in [0.4, 0.5) is 14.9 Å². The number of halogens is 1. The molecule has 1 fully saturated rings. The number of aryl methyl sites for hydroxylation is 1. The van der Waals surface area contributed by atoms with Gasteiger partial charge >= 0.3 is 6.09 Å². The normalized spacial score (nSPS) is 27.4. The summed E-state index contributed by atoms with van der Waals surface area (Å²) < 4.78 is 24.3. The van der Waals surface area contributed by atoms with Crippen LogP contribution in [-0.4, -0.2) is 74.7 Å². The molecule has 0 radical (unpaired) electrons. The van der Waals surface area contributed by atoms with Gasteiger partial charge in [0.25, 0.3) is 5.91 Å². The van der Waals surface area contributed by atoms with E-state index < -0.39 is 55.1 Å². The minimum atomic E-state index is -1.67. The van der Waals surface area contributed by atoms with Crippen molar-refractivity contribution in [2.45, 2.75) is 44.5 Å². The number of anilines is 1. The molecule has 3 heterocycles. The van der Waals surface area contributed by atoms with Gasteiger partial charge in [-0.1, -0.05) is 0 Å². The molecular weight excluding hydrogens is 453 g/mol. The van der Waals surface area contributed by atoms with Crippen molar-refractivity contribution in [3.63, 3.8) is 0 Å². The van der Waals surface area contributed by atoms with Crippen molar-refractivity contribution in [1.29, 1.82) is 0 Å². The van der Waals surface area contributed by atoms with Crippen molar-refractivity contribution < 1.29 is 43.9 Å². The highest BCUT2D eigenvalue weighted by Gasteiger charge is 2.44. The lowest BCUT2D eigenvalue weighted by Crippen LogP contribution is -2.63. The van der Waals surface area contributed by atoms with Crippen LogP contribution >= 0.6 is 0 Å². The summed E-state index contributed by atoms with van der Waals surface area (Å²) >= 11 is 0. The number of aromatic nitrogens is 1. The summed E-state index contributed by atoms with van der Waals surface area (Å²) in [7, 11) is 0. The van der Waals surface area contributed by atoms with Gasteiger partial charge in [-0.25, -0.2) is 9.18 Å². The second-order valence-corrected chi connectivity index (χ2v) is 8.10. The molecule has 1 aromatic heterocycles. The molecule has 0 spiro atoms. The Hall–Kier alpha value is -3.29. The van der Waals surface area contributed by atoms with Crippen LogP contribution in [0.15, 0.2) is 18.2 Å². The molecule has 4 rings (SSSR count).